The number of benzene rings is 1. The third-order valence-electron chi connectivity index (χ3n) is 6.10. The van der Waals surface area contributed by atoms with Crippen molar-refractivity contribution in [2.75, 3.05) is 31.6 Å². The smallest absolute Gasteiger partial charge is 0.312 e. The van der Waals surface area contributed by atoms with Crippen molar-refractivity contribution in [1.29, 1.82) is 0 Å². The van der Waals surface area contributed by atoms with E-state index in [0.717, 1.165) is 4.90 Å². The number of imide groups is 1. The van der Waals surface area contributed by atoms with E-state index in [1.165, 1.54) is 12.2 Å². The molecule has 1 aliphatic heterocycles. The van der Waals surface area contributed by atoms with Gasteiger partial charge in [-0.25, -0.2) is 4.79 Å². The Morgan fingerprint density at radius 3 is 2.22 bits per heavy atom. The van der Waals surface area contributed by atoms with Crippen molar-refractivity contribution in [3.8, 4) is 0 Å². The molecule has 41 heavy (non-hydrogen) atoms. The minimum atomic E-state index is -0.985. The van der Waals surface area contributed by atoms with E-state index in [2.05, 4.69) is 21.3 Å². The number of carbonyl (C=O) groups is 6. The molecule has 0 aromatic heterocycles. The Morgan fingerprint density at radius 1 is 0.976 bits per heavy atom. The van der Waals surface area contributed by atoms with Crippen LogP contribution in [0.5, 0.6) is 0 Å². The summed E-state index contributed by atoms with van der Waals surface area (Å²) in [5.74, 6) is -2.67. The van der Waals surface area contributed by atoms with Gasteiger partial charge in [0.2, 0.25) is 17.7 Å². The second-order valence-electron chi connectivity index (χ2n) is 9.65. The maximum Gasteiger partial charge on any atom is 0.312 e. The van der Waals surface area contributed by atoms with Gasteiger partial charge in [-0.3, -0.25) is 28.9 Å². The van der Waals surface area contributed by atoms with E-state index < -0.39 is 47.7 Å². The molecular weight excluding hydrogens is 536 g/mol. The lowest BCUT2D eigenvalue weighted by Gasteiger charge is -2.25. The summed E-state index contributed by atoms with van der Waals surface area (Å²) in [7, 11) is 0. The lowest BCUT2D eigenvalue weighted by atomic mass is 10.0. The van der Waals surface area contributed by atoms with Gasteiger partial charge in [0.05, 0.1) is 26.4 Å². The molecular formula is C27H38N6O8. The second-order valence-corrected chi connectivity index (χ2v) is 9.65. The summed E-state index contributed by atoms with van der Waals surface area (Å²) in [5.41, 5.74) is 6.22. The molecule has 0 bridgehead atoms. The van der Waals surface area contributed by atoms with Gasteiger partial charge in [-0.2, -0.15) is 0 Å². The number of nitrogens with zero attached hydrogens (tertiary/aromatic N) is 1. The van der Waals surface area contributed by atoms with E-state index in [0.29, 0.717) is 17.7 Å². The third-order valence-corrected chi connectivity index (χ3v) is 6.10. The fourth-order valence-electron chi connectivity index (χ4n) is 3.83. The van der Waals surface area contributed by atoms with Crippen LogP contribution in [0.25, 0.3) is 0 Å². The standard InChI is InChI=1S/C27H38N6O8/c1-17(2)24(32-21(35)11-14-41-15-13-33-22(36)9-10-23(33)37)26(39)31-20(4-3-12-29-27(28)40)25(38)30-19-7-5-18(16-34)6-8-19/h5-10,17,20,24,34H,3-4,11-16H2,1-2H3,(H,30,38)(H,31,39)(H,32,35)(H3,28,29,40). The first-order chi connectivity index (χ1) is 19.5. The molecule has 7 amide bonds. The zero-order valence-electron chi connectivity index (χ0n) is 23.2. The number of carbonyl (C=O) groups excluding carboxylic acids is 6. The van der Waals surface area contributed by atoms with Gasteiger partial charge < -0.3 is 36.8 Å². The van der Waals surface area contributed by atoms with E-state index in [1.54, 1.807) is 38.1 Å². The Morgan fingerprint density at radius 2 is 1.63 bits per heavy atom. The van der Waals surface area contributed by atoms with E-state index in [4.69, 9.17) is 10.5 Å². The summed E-state index contributed by atoms with van der Waals surface area (Å²) in [5, 5.41) is 19.7. The highest BCUT2D eigenvalue weighted by Gasteiger charge is 2.29. The van der Waals surface area contributed by atoms with Crippen LogP contribution >= 0.6 is 0 Å². The average molecular weight is 575 g/mol. The van der Waals surface area contributed by atoms with Gasteiger partial charge in [0.15, 0.2) is 0 Å². The molecule has 0 spiro atoms. The molecule has 1 aliphatic rings. The Bertz CT molecular complexity index is 1100. The van der Waals surface area contributed by atoms with Crippen LogP contribution in [-0.4, -0.2) is 84.0 Å². The maximum absolute atomic E-state index is 13.2. The highest BCUT2D eigenvalue weighted by molar-refractivity contribution is 6.12. The zero-order chi connectivity index (χ0) is 30.4. The Labute approximate surface area is 238 Å². The van der Waals surface area contributed by atoms with Crippen LogP contribution in [0.2, 0.25) is 0 Å². The fraction of sp³-hybridized carbons (Fsp3) is 0.481. The molecule has 1 heterocycles. The van der Waals surface area contributed by atoms with Gasteiger partial charge in [0.1, 0.15) is 12.1 Å². The number of nitrogens with one attached hydrogen (secondary N) is 4. The predicted octanol–water partition coefficient (Wildman–Crippen LogP) is -0.477. The van der Waals surface area contributed by atoms with Gasteiger partial charge in [-0.1, -0.05) is 26.0 Å². The number of anilines is 1. The summed E-state index contributed by atoms with van der Waals surface area (Å²) >= 11 is 0. The Hall–Kier alpha value is -4.30. The van der Waals surface area contributed by atoms with Gasteiger partial charge in [0, 0.05) is 30.8 Å². The number of aliphatic hydroxyl groups excluding tert-OH is 1. The Kier molecular flexibility index (Phi) is 13.4. The molecule has 0 aliphatic carbocycles. The maximum atomic E-state index is 13.2. The molecule has 1 aromatic rings. The molecule has 0 saturated heterocycles. The highest BCUT2D eigenvalue weighted by Crippen LogP contribution is 2.12. The summed E-state index contributed by atoms with van der Waals surface area (Å²) in [4.78, 5) is 73.8. The van der Waals surface area contributed by atoms with Crippen molar-refractivity contribution < 1.29 is 38.6 Å². The summed E-state index contributed by atoms with van der Waals surface area (Å²) in [6.45, 7) is 3.67. The minimum absolute atomic E-state index is 0.00881. The van der Waals surface area contributed by atoms with Crippen LogP contribution in [0.3, 0.4) is 0 Å². The molecule has 0 saturated carbocycles. The summed E-state index contributed by atoms with van der Waals surface area (Å²) in [6, 6.07) is 3.90. The van der Waals surface area contributed by atoms with Crippen molar-refractivity contribution in [2.24, 2.45) is 11.7 Å². The first-order valence-electron chi connectivity index (χ1n) is 13.3. The monoisotopic (exact) mass is 574 g/mol. The number of urea groups is 1. The van der Waals surface area contributed by atoms with E-state index in [9.17, 15) is 33.9 Å². The number of amides is 7. The van der Waals surface area contributed by atoms with Crippen molar-refractivity contribution >= 4 is 41.3 Å². The normalized spacial score (nSPS) is 14.1. The van der Waals surface area contributed by atoms with Crippen LogP contribution in [0, 0.1) is 5.92 Å². The topological polar surface area (TPSA) is 209 Å². The van der Waals surface area contributed by atoms with E-state index in [-0.39, 0.29) is 51.7 Å². The molecule has 1 aromatic carbocycles. The number of nitrogens with two attached hydrogens (primary N) is 1. The number of aliphatic hydroxyl groups is 1. The lowest BCUT2D eigenvalue weighted by molar-refractivity contribution is -0.138. The van der Waals surface area contributed by atoms with Crippen molar-refractivity contribution in [1.82, 2.24) is 20.9 Å². The lowest BCUT2D eigenvalue weighted by Crippen LogP contribution is -2.54. The number of ether oxygens (including phenoxy) is 1. The molecule has 0 fully saturated rings. The molecule has 2 unspecified atom stereocenters. The zero-order valence-corrected chi connectivity index (χ0v) is 23.2. The van der Waals surface area contributed by atoms with E-state index >= 15 is 0 Å². The van der Waals surface area contributed by atoms with Gasteiger partial charge in [0.25, 0.3) is 11.8 Å². The van der Waals surface area contributed by atoms with Crippen molar-refractivity contribution in [2.45, 2.75) is 51.8 Å². The largest absolute Gasteiger partial charge is 0.392 e. The molecule has 2 rings (SSSR count). The third kappa shape index (κ3) is 11.4. The van der Waals surface area contributed by atoms with Crippen molar-refractivity contribution in [3.05, 3.63) is 42.0 Å². The molecule has 14 nitrogen and oxygen atoms in total. The van der Waals surface area contributed by atoms with Crippen LogP contribution < -0.4 is 27.0 Å². The summed E-state index contributed by atoms with van der Waals surface area (Å²) < 4.78 is 5.36. The first-order valence-corrected chi connectivity index (χ1v) is 13.3. The quantitative estimate of drug-likeness (QED) is 0.105. The van der Waals surface area contributed by atoms with Crippen LogP contribution in [0.15, 0.2) is 36.4 Å². The van der Waals surface area contributed by atoms with Crippen LogP contribution in [-0.2, 0) is 35.3 Å². The van der Waals surface area contributed by atoms with E-state index in [1.807, 2.05) is 0 Å². The average Bonchev–Trinajstić information content (AvgIpc) is 3.25. The van der Waals surface area contributed by atoms with Crippen LogP contribution in [0.1, 0.15) is 38.7 Å². The number of hydrogen-bond acceptors (Lipinski definition) is 8. The first kappa shape index (κ1) is 32.9. The number of primary amides is 1. The second kappa shape index (κ2) is 16.7. The number of hydrogen-bond donors (Lipinski definition) is 6. The molecule has 0 radical (unpaired) electrons. The molecule has 224 valence electrons. The summed E-state index contributed by atoms with van der Waals surface area (Å²) in [6.07, 6.45) is 2.80. The van der Waals surface area contributed by atoms with Gasteiger partial charge in [-0.15, -0.1) is 0 Å². The molecule has 7 N–H and O–H groups in total. The number of rotatable bonds is 17. The Balaban J connectivity index is 1.92. The van der Waals surface area contributed by atoms with Crippen molar-refractivity contribution in [3.63, 3.8) is 0 Å². The molecule has 2 atom stereocenters. The fourth-order valence-corrected chi connectivity index (χ4v) is 3.83. The minimum Gasteiger partial charge on any atom is -0.392 e. The van der Waals surface area contributed by atoms with Crippen LogP contribution in [0.4, 0.5) is 10.5 Å². The molecule has 14 heteroatoms. The van der Waals surface area contributed by atoms with Gasteiger partial charge >= 0.3 is 6.03 Å². The predicted molar refractivity (Wildman–Crippen MR) is 148 cm³/mol. The SMILES string of the molecule is CC(C)C(NC(=O)CCOCCN1C(=O)C=CC1=O)C(=O)NC(CCCNC(N)=O)C(=O)Nc1ccc(CO)cc1. The van der Waals surface area contributed by atoms with Gasteiger partial charge in [-0.05, 0) is 36.5 Å². The highest BCUT2D eigenvalue weighted by atomic mass is 16.5.